The van der Waals surface area contributed by atoms with E-state index in [0.717, 1.165) is 5.56 Å². The number of fused-ring (bicyclic) bond motifs is 1. The maximum absolute atomic E-state index is 10.9. The Hall–Kier alpha value is -1.35. The molecule has 0 radical (unpaired) electrons. The van der Waals surface area contributed by atoms with Crippen LogP contribution in [0.2, 0.25) is 0 Å². The van der Waals surface area contributed by atoms with Gasteiger partial charge in [0.15, 0.2) is 0 Å². The lowest BCUT2D eigenvalue weighted by atomic mass is 10.0. The lowest BCUT2D eigenvalue weighted by Gasteiger charge is -2.20. The molecular weight excluding hydrogens is 178 g/mol. The summed E-state index contributed by atoms with van der Waals surface area (Å²) in [4.78, 5) is 10.9. The topological polar surface area (TPSA) is 52.3 Å². The van der Waals surface area contributed by atoms with Crippen molar-refractivity contribution in [1.29, 1.82) is 0 Å². The van der Waals surface area contributed by atoms with Crippen LogP contribution in [-0.4, -0.2) is 5.97 Å². The van der Waals surface area contributed by atoms with Crippen LogP contribution in [-0.2, 0) is 4.79 Å². The highest BCUT2D eigenvalue weighted by molar-refractivity contribution is 5.76. The Kier molecular flexibility index (Phi) is 3.65. The fourth-order valence-electron chi connectivity index (χ4n) is 1.33. The zero-order valence-corrected chi connectivity index (χ0v) is 8.49. The van der Waals surface area contributed by atoms with Gasteiger partial charge in [0.2, 0.25) is 0 Å². The molecule has 0 amide bonds. The van der Waals surface area contributed by atoms with Crippen LogP contribution in [0.1, 0.15) is 31.9 Å². The van der Waals surface area contributed by atoms with Gasteiger partial charge in [-0.25, -0.2) is 0 Å². The predicted octanol–water partition coefficient (Wildman–Crippen LogP) is 2.02. The Morgan fingerprint density at radius 2 is 2.00 bits per heavy atom. The van der Waals surface area contributed by atoms with Crippen molar-refractivity contribution in [3.8, 4) is 5.75 Å². The zero-order chi connectivity index (χ0) is 10.6. The van der Waals surface area contributed by atoms with Gasteiger partial charge < -0.3 is 10.5 Å². The first-order valence-electron chi connectivity index (χ1n) is 4.82. The first-order chi connectivity index (χ1) is 6.77. The summed E-state index contributed by atoms with van der Waals surface area (Å²) in [6, 6.07) is 7.14. The van der Waals surface area contributed by atoms with Crippen molar-refractivity contribution in [3.05, 3.63) is 29.8 Å². The number of para-hydroxylation sites is 1. The van der Waals surface area contributed by atoms with E-state index in [1.165, 1.54) is 0 Å². The Morgan fingerprint density at radius 3 is 2.71 bits per heavy atom. The fourth-order valence-corrected chi connectivity index (χ4v) is 1.33. The van der Waals surface area contributed by atoms with Crippen molar-refractivity contribution >= 4 is 5.97 Å². The minimum absolute atomic E-state index is 0.206. The van der Waals surface area contributed by atoms with E-state index in [2.05, 4.69) is 0 Å². The highest BCUT2D eigenvalue weighted by Gasteiger charge is 2.22. The molecule has 0 aromatic heterocycles. The van der Waals surface area contributed by atoms with Gasteiger partial charge in [0.1, 0.15) is 5.75 Å². The molecule has 0 saturated heterocycles. The highest BCUT2D eigenvalue weighted by Crippen LogP contribution is 2.30. The number of hydrogen-bond donors (Lipinski definition) is 1. The van der Waals surface area contributed by atoms with Crippen LogP contribution in [0, 0.1) is 0 Å². The summed E-state index contributed by atoms with van der Waals surface area (Å²) in [5.74, 6) is 0.349. The van der Waals surface area contributed by atoms with Crippen LogP contribution in [0.5, 0.6) is 5.75 Å². The number of carbonyl (C=O) groups is 1. The molecule has 1 aromatic carbocycles. The van der Waals surface area contributed by atoms with E-state index in [1.807, 2.05) is 32.0 Å². The van der Waals surface area contributed by atoms with Crippen molar-refractivity contribution in [2.45, 2.75) is 26.3 Å². The van der Waals surface area contributed by atoms with E-state index in [-0.39, 0.29) is 18.4 Å². The van der Waals surface area contributed by atoms with Gasteiger partial charge in [-0.2, -0.15) is 0 Å². The van der Waals surface area contributed by atoms with Crippen LogP contribution in [0.3, 0.4) is 0 Å². The summed E-state index contributed by atoms with van der Waals surface area (Å²) in [6.07, 6.45) is 0.275. The average Bonchev–Trinajstić information content (AvgIpc) is 2.20. The van der Waals surface area contributed by atoms with Crippen LogP contribution < -0.4 is 10.5 Å². The van der Waals surface area contributed by atoms with E-state index < -0.39 is 0 Å². The second kappa shape index (κ2) is 4.77. The van der Waals surface area contributed by atoms with Gasteiger partial charge in [-0.1, -0.05) is 32.0 Å². The molecule has 0 aliphatic carbocycles. The summed E-state index contributed by atoms with van der Waals surface area (Å²) in [6.45, 7) is 4.00. The largest absolute Gasteiger partial charge is 0.426 e. The first-order valence-corrected chi connectivity index (χ1v) is 4.82. The number of nitrogens with two attached hydrogens (primary N) is 1. The minimum atomic E-state index is -0.249. The summed E-state index contributed by atoms with van der Waals surface area (Å²) in [5.41, 5.74) is 6.65. The number of ether oxygens (including phenoxy) is 1. The number of rotatable bonds is 0. The molecule has 1 unspecified atom stereocenters. The monoisotopic (exact) mass is 193 g/mol. The predicted molar refractivity (Wildman–Crippen MR) is 55.0 cm³/mol. The highest BCUT2D eigenvalue weighted by atomic mass is 16.5. The molecule has 0 fully saturated rings. The first kappa shape index (κ1) is 10.7. The molecule has 1 heterocycles. The van der Waals surface area contributed by atoms with Crippen LogP contribution in [0.15, 0.2) is 24.3 Å². The maximum atomic E-state index is 10.9. The minimum Gasteiger partial charge on any atom is -0.426 e. The van der Waals surface area contributed by atoms with Gasteiger partial charge in [0, 0.05) is 11.6 Å². The number of hydrogen-bond acceptors (Lipinski definition) is 3. The number of carbonyl (C=O) groups excluding carboxylic acids is 1. The lowest BCUT2D eigenvalue weighted by Crippen LogP contribution is -2.24. The van der Waals surface area contributed by atoms with Gasteiger partial charge >= 0.3 is 5.97 Å². The molecule has 1 aromatic rings. The van der Waals surface area contributed by atoms with Gasteiger partial charge in [0.05, 0.1) is 6.42 Å². The van der Waals surface area contributed by atoms with E-state index in [0.29, 0.717) is 5.75 Å². The lowest BCUT2D eigenvalue weighted by molar-refractivity contribution is -0.135. The Morgan fingerprint density at radius 1 is 1.36 bits per heavy atom. The molecule has 1 atom stereocenters. The average molecular weight is 193 g/mol. The third-order valence-electron chi connectivity index (χ3n) is 1.93. The van der Waals surface area contributed by atoms with Gasteiger partial charge in [-0.15, -0.1) is 0 Å². The van der Waals surface area contributed by atoms with Gasteiger partial charge in [-0.05, 0) is 6.07 Å². The SMILES string of the molecule is CC.NC1CC(=O)Oc2ccccc21. The van der Waals surface area contributed by atoms with E-state index in [9.17, 15) is 4.79 Å². The normalized spacial score (nSPS) is 18.8. The Balaban J connectivity index is 0.000000461. The molecule has 2 N–H and O–H groups in total. The van der Waals surface area contributed by atoms with Crippen LogP contribution in [0.4, 0.5) is 0 Å². The molecule has 76 valence electrons. The second-order valence-corrected chi connectivity index (χ2v) is 2.82. The summed E-state index contributed by atoms with van der Waals surface area (Å²) in [7, 11) is 0. The molecule has 0 spiro atoms. The molecule has 0 bridgehead atoms. The molecule has 3 heteroatoms. The van der Waals surface area contributed by atoms with Crippen LogP contribution >= 0.6 is 0 Å². The Bertz CT molecular complexity index is 323. The standard InChI is InChI=1S/C9H9NO2.C2H6/c10-7-5-9(11)12-8-4-2-1-3-6(7)8;1-2/h1-4,7H,5,10H2;1-2H3. The van der Waals surface area contributed by atoms with Gasteiger partial charge in [0.25, 0.3) is 0 Å². The van der Waals surface area contributed by atoms with E-state index in [1.54, 1.807) is 6.07 Å². The quantitative estimate of drug-likeness (QED) is 0.506. The maximum Gasteiger partial charge on any atom is 0.313 e. The second-order valence-electron chi connectivity index (χ2n) is 2.82. The third kappa shape index (κ3) is 2.12. The van der Waals surface area contributed by atoms with Crippen molar-refractivity contribution in [2.24, 2.45) is 5.73 Å². The number of benzene rings is 1. The summed E-state index contributed by atoms with van der Waals surface area (Å²) < 4.78 is 4.98. The van der Waals surface area contributed by atoms with Crippen molar-refractivity contribution in [1.82, 2.24) is 0 Å². The van der Waals surface area contributed by atoms with E-state index in [4.69, 9.17) is 10.5 Å². The molecule has 1 aliphatic rings. The molecule has 1 aliphatic heterocycles. The van der Waals surface area contributed by atoms with Crippen molar-refractivity contribution < 1.29 is 9.53 Å². The summed E-state index contributed by atoms with van der Waals surface area (Å²) in [5, 5.41) is 0. The Labute approximate surface area is 83.9 Å². The van der Waals surface area contributed by atoms with Crippen LogP contribution in [0.25, 0.3) is 0 Å². The zero-order valence-electron chi connectivity index (χ0n) is 8.49. The summed E-state index contributed by atoms with van der Waals surface area (Å²) >= 11 is 0. The third-order valence-corrected chi connectivity index (χ3v) is 1.93. The van der Waals surface area contributed by atoms with E-state index >= 15 is 0 Å². The molecular formula is C11H15NO2. The molecule has 0 saturated carbocycles. The number of esters is 1. The van der Waals surface area contributed by atoms with Crippen molar-refractivity contribution in [2.75, 3.05) is 0 Å². The van der Waals surface area contributed by atoms with Gasteiger partial charge in [-0.3, -0.25) is 4.79 Å². The molecule has 2 rings (SSSR count). The molecule has 14 heavy (non-hydrogen) atoms. The fraction of sp³-hybridized carbons (Fsp3) is 0.364. The smallest absolute Gasteiger partial charge is 0.313 e. The molecule has 3 nitrogen and oxygen atoms in total. The van der Waals surface area contributed by atoms with Crippen molar-refractivity contribution in [3.63, 3.8) is 0 Å².